The molecule has 0 aliphatic carbocycles. The van der Waals surface area contributed by atoms with Gasteiger partial charge in [-0.15, -0.1) is 0 Å². The number of carbonyl (C=O) groups excluding carboxylic acids is 3. The Labute approximate surface area is 377 Å². The summed E-state index contributed by atoms with van der Waals surface area (Å²) in [4.78, 5) is 37.6. The standard InChI is InChI=1S/C55H96O6/c1-4-7-10-13-15-17-19-21-23-24-25-26-27-28-29-30-32-33-35-37-39-42-45-48-54(57)60-51-52(50-59-53(56)47-44-41-12-9-6-3)61-55(58)49-46-43-40-38-36-34-31-22-20-18-16-14-11-8-5-2/h8,11,16,18-19,21-22,24-25,31,52H,4-7,9-10,12-15,17,20,23,26-30,32-51H2,1-3H3/b11-8-,18-16-,21-19-,25-24-,31-22-. The lowest BCUT2D eigenvalue weighted by atomic mass is 10.0. The van der Waals surface area contributed by atoms with Gasteiger partial charge in [0, 0.05) is 19.3 Å². The van der Waals surface area contributed by atoms with Gasteiger partial charge in [0.1, 0.15) is 13.2 Å². The molecule has 0 bridgehead atoms. The van der Waals surface area contributed by atoms with Gasteiger partial charge in [-0.3, -0.25) is 14.4 Å². The number of allylic oxidation sites excluding steroid dienone is 10. The third-order valence-electron chi connectivity index (χ3n) is 11.0. The average molecular weight is 853 g/mol. The molecule has 0 amide bonds. The Balaban J connectivity index is 4.13. The molecule has 352 valence electrons. The molecule has 0 radical (unpaired) electrons. The van der Waals surface area contributed by atoms with Crippen molar-refractivity contribution in [2.75, 3.05) is 13.2 Å². The second-order valence-corrected chi connectivity index (χ2v) is 17.1. The van der Waals surface area contributed by atoms with E-state index < -0.39 is 6.10 Å². The van der Waals surface area contributed by atoms with E-state index in [1.54, 1.807) is 0 Å². The fraction of sp³-hybridized carbons (Fsp3) is 0.764. The minimum absolute atomic E-state index is 0.0821. The van der Waals surface area contributed by atoms with E-state index in [4.69, 9.17) is 14.2 Å². The second-order valence-electron chi connectivity index (χ2n) is 17.1. The normalized spacial score (nSPS) is 12.5. The van der Waals surface area contributed by atoms with E-state index in [-0.39, 0.29) is 31.1 Å². The number of carbonyl (C=O) groups is 3. The predicted octanol–water partition coefficient (Wildman–Crippen LogP) is 16.9. The van der Waals surface area contributed by atoms with Crippen molar-refractivity contribution in [3.8, 4) is 0 Å². The van der Waals surface area contributed by atoms with Crippen LogP contribution in [0.5, 0.6) is 0 Å². The minimum atomic E-state index is -0.779. The summed E-state index contributed by atoms with van der Waals surface area (Å²) in [5, 5.41) is 0. The monoisotopic (exact) mass is 853 g/mol. The molecule has 0 aromatic rings. The van der Waals surface area contributed by atoms with Crippen molar-refractivity contribution in [3.63, 3.8) is 0 Å². The fourth-order valence-corrected chi connectivity index (χ4v) is 7.13. The van der Waals surface area contributed by atoms with Gasteiger partial charge < -0.3 is 14.2 Å². The summed E-state index contributed by atoms with van der Waals surface area (Å²) in [7, 11) is 0. The first-order chi connectivity index (χ1) is 30.0. The number of hydrogen-bond donors (Lipinski definition) is 0. The van der Waals surface area contributed by atoms with E-state index >= 15 is 0 Å². The topological polar surface area (TPSA) is 78.9 Å². The van der Waals surface area contributed by atoms with Gasteiger partial charge >= 0.3 is 17.9 Å². The van der Waals surface area contributed by atoms with Gasteiger partial charge in [-0.05, 0) is 83.5 Å². The number of ether oxygens (including phenoxy) is 3. The summed E-state index contributed by atoms with van der Waals surface area (Å²) in [5.41, 5.74) is 0. The number of rotatable bonds is 46. The van der Waals surface area contributed by atoms with Gasteiger partial charge in [0.05, 0.1) is 0 Å². The molecule has 0 aliphatic heterocycles. The highest BCUT2D eigenvalue weighted by Gasteiger charge is 2.19. The van der Waals surface area contributed by atoms with Crippen LogP contribution in [0.3, 0.4) is 0 Å². The Hall–Kier alpha value is -2.89. The zero-order valence-electron chi connectivity index (χ0n) is 40.2. The summed E-state index contributed by atoms with van der Waals surface area (Å²) >= 11 is 0. The van der Waals surface area contributed by atoms with Crippen LogP contribution in [0, 0.1) is 0 Å². The summed E-state index contributed by atoms with van der Waals surface area (Å²) in [6.45, 7) is 6.42. The van der Waals surface area contributed by atoms with Crippen molar-refractivity contribution in [2.24, 2.45) is 0 Å². The van der Waals surface area contributed by atoms with Crippen LogP contribution in [-0.2, 0) is 28.6 Å². The molecule has 0 heterocycles. The largest absolute Gasteiger partial charge is 0.462 e. The Morgan fingerprint density at radius 1 is 0.344 bits per heavy atom. The van der Waals surface area contributed by atoms with E-state index in [1.165, 1.54) is 103 Å². The molecule has 0 aliphatic rings. The lowest BCUT2D eigenvalue weighted by Gasteiger charge is -2.18. The Kier molecular flexibility index (Phi) is 47.4. The quantitative estimate of drug-likeness (QED) is 0.0263. The summed E-state index contributed by atoms with van der Waals surface area (Å²) in [6.07, 6.45) is 61.0. The maximum absolute atomic E-state index is 12.7. The first-order valence-corrected chi connectivity index (χ1v) is 25.8. The molecule has 0 N–H and O–H groups in total. The van der Waals surface area contributed by atoms with Crippen molar-refractivity contribution < 1.29 is 28.6 Å². The van der Waals surface area contributed by atoms with E-state index in [2.05, 4.69) is 81.5 Å². The zero-order valence-corrected chi connectivity index (χ0v) is 40.2. The van der Waals surface area contributed by atoms with Crippen molar-refractivity contribution >= 4 is 17.9 Å². The third-order valence-corrected chi connectivity index (χ3v) is 11.0. The van der Waals surface area contributed by atoms with E-state index in [1.807, 2.05) is 0 Å². The highest BCUT2D eigenvalue weighted by molar-refractivity contribution is 5.71. The SMILES string of the molecule is CC/C=C\C/C=C\C/C=C\CCCCCCCC(=O)OC(COC(=O)CCCCCCC)COC(=O)CCCCCCCCCCCCC/C=C\C/C=C\CCCCCCC. The van der Waals surface area contributed by atoms with E-state index in [0.717, 1.165) is 109 Å². The van der Waals surface area contributed by atoms with Crippen LogP contribution < -0.4 is 0 Å². The van der Waals surface area contributed by atoms with Crippen LogP contribution in [0.15, 0.2) is 60.8 Å². The van der Waals surface area contributed by atoms with Gasteiger partial charge in [-0.2, -0.15) is 0 Å². The summed E-state index contributed by atoms with van der Waals surface area (Å²) in [6, 6.07) is 0. The van der Waals surface area contributed by atoms with E-state index in [0.29, 0.717) is 19.3 Å². The highest BCUT2D eigenvalue weighted by Crippen LogP contribution is 2.15. The minimum Gasteiger partial charge on any atom is -0.462 e. The highest BCUT2D eigenvalue weighted by atomic mass is 16.6. The number of unbranched alkanes of at least 4 members (excludes halogenated alkanes) is 25. The first-order valence-electron chi connectivity index (χ1n) is 25.8. The summed E-state index contributed by atoms with van der Waals surface area (Å²) < 4.78 is 16.6. The third kappa shape index (κ3) is 48.0. The molecule has 1 atom stereocenters. The molecule has 0 fully saturated rings. The molecule has 0 saturated heterocycles. The maximum atomic E-state index is 12.7. The van der Waals surface area contributed by atoms with Crippen LogP contribution >= 0.6 is 0 Å². The van der Waals surface area contributed by atoms with Crippen LogP contribution in [0.1, 0.15) is 252 Å². The number of esters is 3. The molecule has 0 rings (SSSR count). The fourth-order valence-electron chi connectivity index (χ4n) is 7.13. The lowest BCUT2D eigenvalue weighted by molar-refractivity contribution is -0.167. The van der Waals surface area contributed by atoms with Crippen LogP contribution in [0.4, 0.5) is 0 Å². The molecule has 61 heavy (non-hydrogen) atoms. The molecule has 0 spiro atoms. The van der Waals surface area contributed by atoms with Crippen LogP contribution in [0.2, 0.25) is 0 Å². The summed E-state index contributed by atoms with van der Waals surface area (Å²) in [5.74, 6) is -0.913. The molecule has 0 aromatic heterocycles. The van der Waals surface area contributed by atoms with E-state index in [9.17, 15) is 14.4 Å². The second kappa shape index (κ2) is 49.8. The van der Waals surface area contributed by atoms with Crippen molar-refractivity contribution in [1.82, 2.24) is 0 Å². The average Bonchev–Trinajstić information content (AvgIpc) is 3.26. The van der Waals surface area contributed by atoms with Crippen molar-refractivity contribution in [1.29, 1.82) is 0 Å². The van der Waals surface area contributed by atoms with Gasteiger partial charge in [0.25, 0.3) is 0 Å². The molecule has 6 nitrogen and oxygen atoms in total. The maximum Gasteiger partial charge on any atom is 0.306 e. The van der Waals surface area contributed by atoms with Crippen molar-refractivity contribution in [2.45, 2.75) is 258 Å². The Morgan fingerprint density at radius 2 is 0.639 bits per heavy atom. The van der Waals surface area contributed by atoms with Gasteiger partial charge in [-0.25, -0.2) is 0 Å². The molecule has 1 unspecified atom stereocenters. The van der Waals surface area contributed by atoms with Crippen molar-refractivity contribution in [3.05, 3.63) is 60.8 Å². The molecule has 0 aromatic carbocycles. The molecular formula is C55H96O6. The Morgan fingerprint density at radius 3 is 1.00 bits per heavy atom. The Bertz CT molecular complexity index is 1120. The predicted molar refractivity (Wildman–Crippen MR) is 261 cm³/mol. The van der Waals surface area contributed by atoms with Gasteiger partial charge in [0.15, 0.2) is 6.10 Å². The van der Waals surface area contributed by atoms with Gasteiger partial charge in [-0.1, -0.05) is 210 Å². The first kappa shape index (κ1) is 58.1. The van der Waals surface area contributed by atoms with Gasteiger partial charge in [0.2, 0.25) is 0 Å². The van der Waals surface area contributed by atoms with Crippen LogP contribution in [0.25, 0.3) is 0 Å². The zero-order chi connectivity index (χ0) is 44.4. The van der Waals surface area contributed by atoms with Crippen LogP contribution in [-0.4, -0.2) is 37.2 Å². The molecule has 0 saturated carbocycles. The molecular weight excluding hydrogens is 757 g/mol. The smallest absolute Gasteiger partial charge is 0.306 e. The lowest BCUT2D eigenvalue weighted by Crippen LogP contribution is -2.30. The molecule has 6 heteroatoms. The number of hydrogen-bond acceptors (Lipinski definition) is 6.